The molecule has 2 heteroatoms. The third-order valence-electron chi connectivity index (χ3n) is 2.98. The maximum atomic E-state index is 5.79. The average molecular weight is 205 g/mol. The Balaban J connectivity index is 1.95. The molecule has 2 atom stereocenters. The van der Waals surface area contributed by atoms with Gasteiger partial charge in [-0.3, -0.25) is 0 Å². The summed E-state index contributed by atoms with van der Waals surface area (Å²) in [5.41, 5.74) is 2.76. The van der Waals surface area contributed by atoms with Crippen LogP contribution in [0.15, 0.2) is 24.3 Å². The number of morpholine rings is 1. The second-order valence-electron chi connectivity index (χ2n) is 4.40. The molecule has 1 fully saturated rings. The molecule has 1 N–H and O–H groups in total. The highest BCUT2D eigenvalue weighted by atomic mass is 16.5. The van der Waals surface area contributed by atoms with E-state index in [4.69, 9.17) is 4.74 Å². The summed E-state index contributed by atoms with van der Waals surface area (Å²) in [7, 11) is 0. The molecule has 0 amide bonds. The number of benzene rings is 1. The van der Waals surface area contributed by atoms with Crippen LogP contribution in [0.5, 0.6) is 0 Å². The molecule has 1 aromatic carbocycles. The van der Waals surface area contributed by atoms with Gasteiger partial charge in [0, 0.05) is 19.0 Å². The quantitative estimate of drug-likeness (QED) is 0.796. The molecule has 1 aliphatic rings. The Morgan fingerprint density at radius 1 is 1.40 bits per heavy atom. The molecule has 82 valence electrons. The molecule has 15 heavy (non-hydrogen) atoms. The number of ether oxygens (including phenoxy) is 1. The van der Waals surface area contributed by atoms with E-state index in [9.17, 15) is 0 Å². The van der Waals surface area contributed by atoms with Gasteiger partial charge >= 0.3 is 0 Å². The molecular weight excluding hydrogens is 186 g/mol. The van der Waals surface area contributed by atoms with E-state index < -0.39 is 0 Å². The molecule has 1 aromatic rings. The fourth-order valence-corrected chi connectivity index (χ4v) is 1.95. The lowest BCUT2D eigenvalue weighted by molar-refractivity contribution is 0.00874. The predicted octanol–water partition coefficient (Wildman–Crippen LogP) is 1.91. The Morgan fingerprint density at radius 2 is 2.20 bits per heavy atom. The first-order valence-corrected chi connectivity index (χ1v) is 5.65. The summed E-state index contributed by atoms with van der Waals surface area (Å²) in [5.74, 6) is 0. The SMILES string of the molecule is Cc1ccccc1CC1CNC(C)CO1. The van der Waals surface area contributed by atoms with E-state index in [1.165, 1.54) is 11.1 Å². The van der Waals surface area contributed by atoms with Crippen molar-refractivity contribution in [1.29, 1.82) is 0 Å². The predicted molar refractivity (Wildman–Crippen MR) is 62.1 cm³/mol. The largest absolute Gasteiger partial charge is 0.375 e. The standard InChI is InChI=1S/C13H19NO/c1-10-5-3-4-6-12(10)7-13-8-14-11(2)9-15-13/h3-6,11,13-14H,7-9H2,1-2H3. The zero-order chi connectivity index (χ0) is 10.7. The highest BCUT2D eigenvalue weighted by molar-refractivity contribution is 5.26. The van der Waals surface area contributed by atoms with E-state index in [1.54, 1.807) is 0 Å². The lowest BCUT2D eigenvalue weighted by atomic mass is 10.0. The van der Waals surface area contributed by atoms with Crippen LogP contribution in [-0.4, -0.2) is 25.3 Å². The minimum absolute atomic E-state index is 0.335. The van der Waals surface area contributed by atoms with Crippen molar-refractivity contribution in [2.45, 2.75) is 32.4 Å². The molecule has 0 spiro atoms. The first-order valence-electron chi connectivity index (χ1n) is 5.65. The molecule has 0 radical (unpaired) electrons. The van der Waals surface area contributed by atoms with Crippen molar-refractivity contribution in [2.24, 2.45) is 0 Å². The summed E-state index contributed by atoms with van der Waals surface area (Å²) in [4.78, 5) is 0. The molecule has 2 nitrogen and oxygen atoms in total. The van der Waals surface area contributed by atoms with Crippen LogP contribution < -0.4 is 5.32 Å². The Bertz CT molecular complexity index is 316. The fourth-order valence-electron chi connectivity index (χ4n) is 1.95. The molecule has 1 heterocycles. The van der Waals surface area contributed by atoms with Crippen molar-refractivity contribution in [2.75, 3.05) is 13.2 Å². The lowest BCUT2D eigenvalue weighted by Crippen LogP contribution is -2.45. The van der Waals surface area contributed by atoms with Crippen molar-refractivity contribution in [3.8, 4) is 0 Å². The summed E-state index contributed by atoms with van der Waals surface area (Å²) < 4.78 is 5.79. The van der Waals surface area contributed by atoms with E-state index in [0.29, 0.717) is 12.1 Å². The number of hydrogen-bond donors (Lipinski definition) is 1. The maximum Gasteiger partial charge on any atom is 0.0740 e. The third-order valence-corrected chi connectivity index (χ3v) is 2.98. The van der Waals surface area contributed by atoms with Gasteiger partial charge in [-0.05, 0) is 25.0 Å². The molecule has 0 saturated carbocycles. The molecule has 1 aliphatic heterocycles. The lowest BCUT2D eigenvalue weighted by Gasteiger charge is -2.28. The van der Waals surface area contributed by atoms with Crippen molar-refractivity contribution >= 4 is 0 Å². The second kappa shape index (κ2) is 4.77. The Morgan fingerprint density at radius 3 is 2.87 bits per heavy atom. The minimum Gasteiger partial charge on any atom is -0.375 e. The first-order chi connectivity index (χ1) is 7.25. The smallest absolute Gasteiger partial charge is 0.0740 e. The number of nitrogens with one attached hydrogen (secondary N) is 1. The van der Waals surface area contributed by atoms with Crippen molar-refractivity contribution < 1.29 is 4.74 Å². The van der Waals surface area contributed by atoms with Gasteiger partial charge in [0.15, 0.2) is 0 Å². The van der Waals surface area contributed by atoms with Gasteiger partial charge in [0.05, 0.1) is 12.7 Å². The van der Waals surface area contributed by atoms with E-state index >= 15 is 0 Å². The van der Waals surface area contributed by atoms with Gasteiger partial charge in [-0.15, -0.1) is 0 Å². The maximum absolute atomic E-state index is 5.79. The highest BCUT2D eigenvalue weighted by Gasteiger charge is 2.18. The van der Waals surface area contributed by atoms with Crippen LogP contribution in [0.3, 0.4) is 0 Å². The molecular formula is C13H19NO. The molecule has 2 rings (SSSR count). The summed E-state index contributed by atoms with van der Waals surface area (Å²) in [5, 5.41) is 3.45. The van der Waals surface area contributed by atoms with Crippen LogP contribution in [0.4, 0.5) is 0 Å². The zero-order valence-corrected chi connectivity index (χ0v) is 9.49. The van der Waals surface area contributed by atoms with E-state index in [2.05, 4.69) is 43.4 Å². The van der Waals surface area contributed by atoms with Gasteiger partial charge in [-0.2, -0.15) is 0 Å². The Hall–Kier alpha value is -0.860. The van der Waals surface area contributed by atoms with Crippen LogP contribution in [0, 0.1) is 6.92 Å². The number of aryl methyl sites for hydroxylation is 1. The van der Waals surface area contributed by atoms with Crippen LogP contribution >= 0.6 is 0 Å². The molecule has 0 aromatic heterocycles. The zero-order valence-electron chi connectivity index (χ0n) is 9.49. The minimum atomic E-state index is 0.335. The monoisotopic (exact) mass is 205 g/mol. The van der Waals surface area contributed by atoms with Crippen LogP contribution in [0.1, 0.15) is 18.1 Å². The highest BCUT2D eigenvalue weighted by Crippen LogP contribution is 2.13. The Kier molecular flexibility index (Phi) is 3.39. The van der Waals surface area contributed by atoms with Gasteiger partial charge < -0.3 is 10.1 Å². The molecule has 0 aliphatic carbocycles. The summed E-state index contributed by atoms with van der Waals surface area (Å²) in [6, 6.07) is 9.03. The van der Waals surface area contributed by atoms with Crippen LogP contribution in [0.2, 0.25) is 0 Å². The second-order valence-corrected chi connectivity index (χ2v) is 4.40. The van der Waals surface area contributed by atoms with Gasteiger partial charge in [0.1, 0.15) is 0 Å². The van der Waals surface area contributed by atoms with Crippen molar-refractivity contribution in [1.82, 2.24) is 5.32 Å². The van der Waals surface area contributed by atoms with Gasteiger partial charge in [0.25, 0.3) is 0 Å². The number of hydrogen-bond acceptors (Lipinski definition) is 2. The van der Waals surface area contributed by atoms with E-state index in [0.717, 1.165) is 19.6 Å². The number of rotatable bonds is 2. The topological polar surface area (TPSA) is 21.3 Å². The van der Waals surface area contributed by atoms with Crippen LogP contribution in [0.25, 0.3) is 0 Å². The van der Waals surface area contributed by atoms with Gasteiger partial charge in [-0.25, -0.2) is 0 Å². The van der Waals surface area contributed by atoms with Gasteiger partial charge in [-0.1, -0.05) is 24.3 Å². The first kappa shape index (κ1) is 10.7. The fraction of sp³-hybridized carbons (Fsp3) is 0.538. The molecule has 1 saturated heterocycles. The van der Waals surface area contributed by atoms with Crippen molar-refractivity contribution in [3.05, 3.63) is 35.4 Å². The molecule has 0 bridgehead atoms. The average Bonchev–Trinajstić information content (AvgIpc) is 2.25. The molecule has 2 unspecified atom stereocenters. The summed E-state index contributed by atoms with van der Waals surface area (Å²) in [6.07, 6.45) is 1.36. The third kappa shape index (κ3) is 2.80. The summed E-state index contributed by atoms with van der Waals surface area (Å²) in [6.45, 7) is 6.12. The Labute approximate surface area is 91.6 Å². The van der Waals surface area contributed by atoms with Crippen molar-refractivity contribution in [3.63, 3.8) is 0 Å². The van der Waals surface area contributed by atoms with E-state index in [1.807, 2.05) is 0 Å². The normalized spacial score (nSPS) is 26.5. The van der Waals surface area contributed by atoms with E-state index in [-0.39, 0.29) is 0 Å². The summed E-state index contributed by atoms with van der Waals surface area (Å²) >= 11 is 0. The van der Waals surface area contributed by atoms with Crippen LogP contribution in [-0.2, 0) is 11.2 Å². The van der Waals surface area contributed by atoms with Gasteiger partial charge in [0.2, 0.25) is 0 Å².